The van der Waals surface area contributed by atoms with Gasteiger partial charge in [0.25, 0.3) is 5.91 Å². The third-order valence-corrected chi connectivity index (χ3v) is 4.49. The van der Waals surface area contributed by atoms with E-state index >= 15 is 0 Å². The number of hydrogen-bond acceptors (Lipinski definition) is 5. The molecule has 1 aromatic rings. The molecule has 1 atom stereocenters. The molecular weight excluding hydrogens is 338 g/mol. The molecule has 138 valence electrons. The molecule has 0 aromatic heterocycles. The first-order valence-corrected chi connectivity index (χ1v) is 8.62. The van der Waals surface area contributed by atoms with E-state index in [0.717, 1.165) is 17.7 Å². The summed E-state index contributed by atoms with van der Waals surface area (Å²) in [7, 11) is 0. The number of likely N-dealkylation sites (tertiary alicyclic amines) is 1. The van der Waals surface area contributed by atoms with Crippen molar-refractivity contribution in [2.45, 2.75) is 32.4 Å². The smallest absolute Gasteiger partial charge is 0.338 e. The van der Waals surface area contributed by atoms with Crippen LogP contribution in [0.2, 0.25) is 0 Å². The van der Waals surface area contributed by atoms with Crippen LogP contribution in [0.3, 0.4) is 0 Å². The van der Waals surface area contributed by atoms with Gasteiger partial charge in [0.2, 0.25) is 5.91 Å². The van der Waals surface area contributed by atoms with Crippen LogP contribution in [-0.2, 0) is 20.9 Å². The Hall–Kier alpha value is -2.90. The number of amides is 4. The topological polar surface area (TPSA) is 96.0 Å². The van der Waals surface area contributed by atoms with E-state index in [1.807, 2.05) is 0 Å². The van der Waals surface area contributed by atoms with Crippen LogP contribution in [0, 0.1) is 0 Å². The zero-order valence-corrected chi connectivity index (χ0v) is 14.6. The average Bonchev–Trinajstić information content (AvgIpc) is 3.27. The molecule has 1 N–H and O–H groups in total. The van der Waals surface area contributed by atoms with Crippen molar-refractivity contribution < 1.29 is 23.9 Å². The van der Waals surface area contributed by atoms with E-state index in [4.69, 9.17) is 4.74 Å². The highest BCUT2D eigenvalue weighted by atomic mass is 16.5. The van der Waals surface area contributed by atoms with Crippen LogP contribution in [0.25, 0.3) is 0 Å². The number of nitrogens with one attached hydrogen (secondary N) is 1. The number of esters is 1. The fourth-order valence-corrected chi connectivity index (χ4v) is 3.07. The Morgan fingerprint density at radius 2 is 1.96 bits per heavy atom. The van der Waals surface area contributed by atoms with Gasteiger partial charge in [0.1, 0.15) is 0 Å². The number of carbonyl (C=O) groups is 4. The predicted molar refractivity (Wildman–Crippen MR) is 91.1 cm³/mol. The van der Waals surface area contributed by atoms with Gasteiger partial charge in [-0.1, -0.05) is 12.1 Å². The lowest BCUT2D eigenvalue weighted by atomic mass is 10.1. The summed E-state index contributed by atoms with van der Waals surface area (Å²) >= 11 is 0. The number of benzene rings is 1. The summed E-state index contributed by atoms with van der Waals surface area (Å²) in [6.07, 6.45) is 1.09. The van der Waals surface area contributed by atoms with Crippen molar-refractivity contribution in [1.29, 1.82) is 0 Å². The maximum atomic E-state index is 12.3. The van der Waals surface area contributed by atoms with Crippen LogP contribution >= 0.6 is 0 Å². The lowest BCUT2D eigenvalue weighted by Crippen LogP contribution is -2.38. The zero-order valence-electron chi connectivity index (χ0n) is 14.6. The summed E-state index contributed by atoms with van der Waals surface area (Å²) in [4.78, 5) is 50.6. The molecule has 2 heterocycles. The van der Waals surface area contributed by atoms with Crippen LogP contribution in [0.4, 0.5) is 4.79 Å². The van der Waals surface area contributed by atoms with Gasteiger partial charge in [-0.3, -0.25) is 14.5 Å². The molecule has 0 bridgehead atoms. The highest BCUT2D eigenvalue weighted by Gasteiger charge is 2.29. The predicted octanol–water partition coefficient (Wildman–Crippen LogP) is 0.906. The molecule has 0 radical (unpaired) electrons. The largest absolute Gasteiger partial charge is 0.449 e. The highest BCUT2D eigenvalue weighted by Crippen LogP contribution is 2.14. The van der Waals surface area contributed by atoms with E-state index in [1.54, 1.807) is 36.1 Å². The molecule has 8 nitrogen and oxygen atoms in total. The van der Waals surface area contributed by atoms with Crippen molar-refractivity contribution >= 4 is 23.8 Å². The fraction of sp³-hybridized carbons (Fsp3) is 0.444. The molecule has 26 heavy (non-hydrogen) atoms. The minimum atomic E-state index is -0.852. The number of ether oxygens (including phenoxy) is 1. The van der Waals surface area contributed by atoms with Gasteiger partial charge in [-0.25, -0.2) is 9.59 Å². The molecule has 8 heteroatoms. The van der Waals surface area contributed by atoms with Gasteiger partial charge in [-0.2, -0.15) is 0 Å². The lowest BCUT2D eigenvalue weighted by Gasteiger charge is -2.20. The first-order valence-electron chi connectivity index (χ1n) is 8.62. The number of nitrogens with zero attached hydrogens (tertiary/aromatic N) is 2. The Kier molecular flexibility index (Phi) is 5.20. The van der Waals surface area contributed by atoms with Crippen LogP contribution in [0.1, 0.15) is 35.7 Å². The van der Waals surface area contributed by atoms with Crippen molar-refractivity contribution in [1.82, 2.24) is 15.1 Å². The molecule has 2 aliphatic heterocycles. The van der Waals surface area contributed by atoms with E-state index in [2.05, 4.69) is 5.32 Å². The summed E-state index contributed by atoms with van der Waals surface area (Å²) in [6.45, 7) is 3.02. The Morgan fingerprint density at radius 3 is 2.62 bits per heavy atom. The Labute approximate surface area is 151 Å². The lowest BCUT2D eigenvalue weighted by molar-refractivity contribution is -0.138. The van der Waals surface area contributed by atoms with Crippen LogP contribution in [0.5, 0.6) is 0 Å². The molecular formula is C18H21N3O5. The van der Waals surface area contributed by atoms with E-state index in [0.29, 0.717) is 18.7 Å². The van der Waals surface area contributed by atoms with Gasteiger partial charge in [-0.05, 0) is 37.5 Å². The first kappa shape index (κ1) is 17.9. The number of hydrogen-bond donors (Lipinski definition) is 1. The van der Waals surface area contributed by atoms with E-state index in [9.17, 15) is 19.2 Å². The molecule has 2 saturated heterocycles. The van der Waals surface area contributed by atoms with Crippen molar-refractivity contribution in [3.8, 4) is 0 Å². The molecule has 0 spiro atoms. The second kappa shape index (κ2) is 7.55. The fourth-order valence-electron chi connectivity index (χ4n) is 3.07. The van der Waals surface area contributed by atoms with E-state index in [-0.39, 0.29) is 30.5 Å². The van der Waals surface area contributed by atoms with Crippen molar-refractivity contribution in [2.75, 3.05) is 19.6 Å². The SMILES string of the molecule is CC(OC(=O)c1cccc(CN2C(=O)CNC2=O)c1)C(=O)N1CCCC1. The Balaban J connectivity index is 1.63. The normalized spacial score (nSPS) is 18.0. The third-order valence-electron chi connectivity index (χ3n) is 4.49. The van der Waals surface area contributed by atoms with Gasteiger partial charge >= 0.3 is 12.0 Å². The standard InChI is InChI=1S/C18H21N3O5/c1-12(16(23)20-7-2-3-8-20)26-17(24)14-6-4-5-13(9-14)11-21-15(22)10-19-18(21)25/h4-6,9,12H,2-3,7-8,10-11H2,1H3,(H,19,25). The summed E-state index contributed by atoms with van der Waals surface area (Å²) in [5.41, 5.74) is 0.902. The minimum Gasteiger partial charge on any atom is -0.449 e. The summed E-state index contributed by atoms with van der Waals surface area (Å²) in [5, 5.41) is 2.45. The number of rotatable bonds is 5. The second-order valence-electron chi connectivity index (χ2n) is 6.42. The Bertz CT molecular complexity index is 726. The van der Waals surface area contributed by atoms with Gasteiger partial charge < -0.3 is 15.0 Å². The molecule has 1 aromatic carbocycles. The number of urea groups is 1. The summed E-state index contributed by atoms with van der Waals surface area (Å²) < 4.78 is 5.29. The van der Waals surface area contributed by atoms with Gasteiger partial charge in [-0.15, -0.1) is 0 Å². The number of carbonyl (C=O) groups excluding carboxylic acids is 4. The first-order chi connectivity index (χ1) is 12.5. The summed E-state index contributed by atoms with van der Waals surface area (Å²) in [6, 6.07) is 6.05. The molecule has 0 aliphatic carbocycles. The highest BCUT2D eigenvalue weighted by molar-refractivity contribution is 6.01. The van der Waals surface area contributed by atoms with Crippen LogP contribution in [-0.4, -0.2) is 59.4 Å². The monoisotopic (exact) mass is 359 g/mol. The molecule has 2 aliphatic rings. The number of imide groups is 1. The maximum absolute atomic E-state index is 12.3. The summed E-state index contributed by atoms with van der Waals surface area (Å²) in [5.74, 6) is -1.11. The molecule has 4 amide bonds. The third kappa shape index (κ3) is 3.84. The van der Waals surface area contributed by atoms with Crippen LogP contribution in [0.15, 0.2) is 24.3 Å². The van der Waals surface area contributed by atoms with E-state index < -0.39 is 18.1 Å². The van der Waals surface area contributed by atoms with Crippen molar-refractivity contribution in [3.05, 3.63) is 35.4 Å². The molecule has 3 rings (SSSR count). The van der Waals surface area contributed by atoms with Crippen molar-refractivity contribution in [2.24, 2.45) is 0 Å². The van der Waals surface area contributed by atoms with Crippen molar-refractivity contribution in [3.63, 3.8) is 0 Å². The second-order valence-corrected chi connectivity index (χ2v) is 6.42. The minimum absolute atomic E-state index is 0.0172. The molecule has 2 fully saturated rings. The maximum Gasteiger partial charge on any atom is 0.338 e. The average molecular weight is 359 g/mol. The van der Waals surface area contributed by atoms with Gasteiger partial charge in [0, 0.05) is 13.1 Å². The molecule has 0 saturated carbocycles. The van der Waals surface area contributed by atoms with Gasteiger partial charge in [0.05, 0.1) is 18.7 Å². The zero-order chi connectivity index (χ0) is 18.7. The quantitative estimate of drug-likeness (QED) is 0.623. The Morgan fingerprint density at radius 1 is 1.23 bits per heavy atom. The van der Waals surface area contributed by atoms with Gasteiger partial charge in [0.15, 0.2) is 6.10 Å². The van der Waals surface area contributed by atoms with Crippen LogP contribution < -0.4 is 5.32 Å². The molecule has 1 unspecified atom stereocenters. The van der Waals surface area contributed by atoms with E-state index in [1.165, 1.54) is 0 Å².